The largest absolute Gasteiger partial charge is 0.344 e. The molecule has 144 valence electrons. The summed E-state index contributed by atoms with van der Waals surface area (Å²) in [7, 11) is 0. The van der Waals surface area contributed by atoms with E-state index in [0.717, 1.165) is 55.8 Å². The molecule has 1 saturated heterocycles. The maximum atomic E-state index is 13.1. The van der Waals surface area contributed by atoms with Gasteiger partial charge < -0.3 is 10.2 Å². The van der Waals surface area contributed by atoms with E-state index in [2.05, 4.69) is 15.7 Å². The van der Waals surface area contributed by atoms with Crippen molar-refractivity contribution in [3.8, 4) is 0 Å². The van der Waals surface area contributed by atoms with Gasteiger partial charge in [-0.1, -0.05) is 33.6 Å². The van der Waals surface area contributed by atoms with Crippen molar-refractivity contribution in [3.63, 3.8) is 0 Å². The third-order valence-corrected chi connectivity index (χ3v) is 6.73. The van der Waals surface area contributed by atoms with Crippen LogP contribution < -0.4 is 5.32 Å². The molecule has 0 spiro atoms. The standard InChI is InChI=1S/C20H31N3O2S/c1-14-13-26-17(21-14)20(9-5-6-10-20)22-16(24)15-8-7-11-23(12-15)18(25)19(2,3)4/h13,15H,5-12H2,1-4H3,(H,22,24)/t15-/m1/s1. The second-order valence-electron chi connectivity index (χ2n) is 8.91. The number of hydrogen-bond donors (Lipinski definition) is 1. The highest BCUT2D eigenvalue weighted by atomic mass is 32.1. The normalized spacial score (nSPS) is 23.1. The van der Waals surface area contributed by atoms with E-state index in [4.69, 9.17) is 0 Å². The number of carbonyl (C=O) groups is 2. The lowest BCUT2D eigenvalue weighted by atomic mass is 9.90. The number of rotatable bonds is 3. The van der Waals surface area contributed by atoms with E-state index in [1.165, 1.54) is 0 Å². The Morgan fingerprint density at radius 2 is 1.96 bits per heavy atom. The highest BCUT2D eigenvalue weighted by Crippen LogP contribution is 2.40. The van der Waals surface area contributed by atoms with Crippen LogP contribution in [0.2, 0.25) is 0 Å². The lowest BCUT2D eigenvalue weighted by Crippen LogP contribution is -2.52. The van der Waals surface area contributed by atoms with Gasteiger partial charge >= 0.3 is 0 Å². The molecule has 0 radical (unpaired) electrons. The smallest absolute Gasteiger partial charge is 0.227 e. The van der Waals surface area contributed by atoms with E-state index in [1.54, 1.807) is 11.3 Å². The van der Waals surface area contributed by atoms with Crippen LogP contribution in [0.4, 0.5) is 0 Å². The molecular formula is C20H31N3O2S. The van der Waals surface area contributed by atoms with Crippen LogP contribution in [0.3, 0.4) is 0 Å². The minimum absolute atomic E-state index is 0.0890. The molecule has 2 heterocycles. The number of amides is 2. The second kappa shape index (κ2) is 7.29. The summed E-state index contributed by atoms with van der Waals surface area (Å²) in [4.78, 5) is 32.2. The van der Waals surface area contributed by atoms with Crippen LogP contribution in [-0.4, -0.2) is 34.8 Å². The predicted octanol–water partition coefficient (Wildman–Crippen LogP) is 3.62. The molecule has 1 aromatic rings. The van der Waals surface area contributed by atoms with Crippen molar-refractivity contribution < 1.29 is 9.59 Å². The molecule has 3 rings (SSSR count). The van der Waals surface area contributed by atoms with Gasteiger partial charge in [-0.05, 0) is 32.6 Å². The molecule has 1 atom stereocenters. The highest BCUT2D eigenvalue weighted by Gasteiger charge is 2.42. The Balaban J connectivity index is 1.71. The van der Waals surface area contributed by atoms with Gasteiger partial charge in [0.2, 0.25) is 11.8 Å². The third kappa shape index (κ3) is 3.95. The maximum Gasteiger partial charge on any atom is 0.227 e. The van der Waals surface area contributed by atoms with Gasteiger partial charge in [0.15, 0.2) is 0 Å². The summed E-state index contributed by atoms with van der Waals surface area (Å²) in [6, 6.07) is 0. The third-order valence-electron chi connectivity index (χ3n) is 5.57. The monoisotopic (exact) mass is 377 g/mol. The first-order valence-corrected chi connectivity index (χ1v) is 10.6. The van der Waals surface area contributed by atoms with Crippen LogP contribution in [0.15, 0.2) is 5.38 Å². The Labute approximate surface area is 160 Å². The van der Waals surface area contributed by atoms with Gasteiger partial charge in [0.05, 0.1) is 11.5 Å². The lowest BCUT2D eigenvalue weighted by molar-refractivity contribution is -0.143. The van der Waals surface area contributed by atoms with Crippen LogP contribution >= 0.6 is 11.3 Å². The van der Waals surface area contributed by atoms with Crippen LogP contribution in [0.25, 0.3) is 0 Å². The Hall–Kier alpha value is -1.43. The Morgan fingerprint density at radius 1 is 1.27 bits per heavy atom. The molecule has 26 heavy (non-hydrogen) atoms. The summed E-state index contributed by atoms with van der Waals surface area (Å²) in [5.41, 5.74) is 0.320. The van der Waals surface area contributed by atoms with Crippen molar-refractivity contribution in [1.29, 1.82) is 0 Å². The fourth-order valence-corrected chi connectivity index (χ4v) is 5.14. The van der Waals surface area contributed by atoms with Crippen molar-refractivity contribution in [1.82, 2.24) is 15.2 Å². The minimum atomic E-state index is -0.399. The van der Waals surface area contributed by atoms with E-state index in [-0.39, 0.29) is 23.3 Å². The van der Waals surface area contributed by atoms with Gasteiger partial charge in [-0.25, -0.2) is 4.98 Å². The first-order chi connectivity index (χ1) is 12.2. The molecule has 2 amide bonds. The average Bonchev–Trinajstić information content (AvgIpc) is 3.23. The van der Waals surface area contributed by atoms with E-state index in [0.29, 0.717) is 6.54 Å². The molecule has 1 aliphatic carbocycles. The quantitative estimate of drug-likeness (QED) is 0.875. The lowest BCUT2D eigenvalue weighted by Gasteiger charge is -2.37. The summed E-state index contributed by atoms with van der Waals surface area (Å²) in [5.74, 6) is 0.112. The van der Waals surface area contributed by atoms with E-state index in [1.807, 2.05) is 32.6 Å². The van der Waals surface area contributed by atoms with Crippen molar-refractivity contribution in [2.75, 3.05) is 13.1 Å². The van der Waals surface area contributed by atoms with Gasteiger partial charge in [-0.15, -0.1) is 11.3 Å². The molecule has 6 heteroatoms. The SMILES string of the molecule is Cc1csc(C2(NC(=O)[C@@H]3CCCN(C(=O)C(C)(C)C)C3)CCCC2)n1. The number of aryl methyl sites for hydroxylation is 1. The van der Waals surface area contributed by atoms with Crippen LogP contribution in [0.1, 0.15) is 70.0 Å². The first-order valence-electron chi connectivity index (χ1n) is 9.75. The van der Waals surface area contributed by atoms with Crippen molar-refractivity contribution >= 4 is 23.2 Å². The number of hydrogen-bond acceptors (Lipinski definition) is 4. The van der Waals surface area contributed by atoms with Crippen molar-refractivity contribution in [3.05, 3.63) is 16.1 Å². The molecule has 1 aromatic heterocycles. The number of likely N-dealkylation sites (tertiary alicyclic amines) is 1. The zero-order valence-electron chi connectivity index (χ0n) is 16.4. The minimum Gasteiger partial charge on any atom is -0.344 e. The molecule has 2 aliphatic rings. The Kier molecular flexibility index (Phi) is 5.42. The second-order valence-corrected chi connectivity index (χ2v) is 9.77. The number of piperidine rings is 1. The number of aromatic nitrogens is 1. The zero-order chi connectivity index (χ0) is 18.9. The van der Waals surface area contributed by atoms with Gasteiger partial charge in [-0.2, -0.15) is 0 Å². The van der Waals surface area contributed by atoms with Crippen LogP contribution in [0.5, 0.6) is 0 Å². The summed E-state index contributed by atoms with van der Waals surface area (Å²) < 4.78 is 0. The van der Waals surface area contributed by atoms with Crippen molar-refractivity contribution in [2.45, 2.75) is 71.8 Å². The summed E-state index contributed by atoms with van der Waals surface area (Å²) >= 11 is 1.65. The van der Waals surface area contributed by atoms with Gasteiger partial charge in [0, 0.05) is 29.6 Å². The van der Waals surface area contributed by atoms with Crippen LogP contribution in [-0.2, 0) is 15.1 Å². The topological polar surface area (TPSA) is 62.3 Å². The molecule has 1 N–H and O–H groups in total. The fourth-order valence-electron chi connectivity index (χ4n) is 4.13. The average molecular weight is 378 g/mol. The van der Waals surface area contributed by atoms with Crippen molar-refractivity contribution in [2.24, 2.45) is 11.3 Å². The number of nitrogens with zero attached hydrogens (tertiary/aromatic N) is 2. The zero-order valence-corrected chi connectivity index (χ0v) is 17.2. The van der Waals surface area contributed by atoms with E-state index >= 15 is 0 Å². The summed E-state index contributed by atoms with van der Waals surface area (Å²) in [6.45, 7) is 9.12. The molecule has 0 bridgehead atoms. The maximum absolute atomic E-state index is 13.1. The van der Waals surface area contributed by atoms with Gasteiger partial charge in [0.1, 0.15) is 5.01 Å². The Morgan fingerprint density at radius 3 is 2.54 bits per heavy atom. The molecule has 1 saturated carbocycles. The molecule has 1 aliphatic heterocycles. The predicted molar refractivity (Wildman–Crippen MR) is 104 cm³/mol. The molecule has 0 unspecified atom stereocenters. The van der Waals surface area contributed by atoms with Crippen LogP contribution in [0, 0.1) is 18.3 Å². The van der Waals surface area contributed by atoms with Gasteiger partial charge in [-0.3, -0.25) is 9.59 Å². The van der Waals surface area contributed by atoms with E-state index < -0.39 is 5.41 Å². The van der Waals surface area contributed by atoms with E-state index in [9.17, 15) is 9.59 Å². The molecule has 2 fully saturated rings. The molecular weight excluding hydrogens is 346 g/mol. The molecule has 0 aromatic carbocycles. The highest BCUT2D eigenvalue weighted by molar-refractivity contribution is 7.09. The summed E-state index contributed by atoms with van der Waals surface area (Å²) in [6.07, 6.45) is 5.92. The fraction of sp³-hybridized carbons (Fsp3) is 0.750. The number of carbonyl (C=O) groups excluding carboxylic acids is 2. The first kappa shape index (κ1) is 19.3. The molecule has 5 nitrogen and oxygen atoms in total. The van der Waals surface area contributed by atoms with Gasteiger partial charge in [0.25, 0.3) is 0 Å². The number of nitrogens with one attached hydrogen (secondary N) is 1. The summed E-state index contributed by atoms with van der Waals surface area (Å²) in [5, 5.41) is 6.46. The number of thiazole rings is 1. The Bertz CT molecular complexity index is 671.